The summed E-state index contributed by atoms with van der Waals surface area (Å²) in [5.41, 5.74) is 1.15. The van der Waals surface area contributed by atoms with Gasteiger partial charge in [-0.25, -0.2) is 0 Å². The monoisotopic (exact) mass is 296 g/mol. The van der Waals surface area contributed by atoms with Gasteiger partial charge in [-0.05, 0) is 63.0 Å². The number of ether oxygens (including phenoxy) is 1. The summed E-state index contributed by atoms with van der Waals surface area (Å²) in [4.78, 5) is 0. The normalized spacial score (nSPS) is 21.4. The third-order valence-electron chi connectivity index (χ3n) is 3.83. The molecule has 0 aromatic heterocycles. The highest BCUT2D eigenvalue weighted by molar-refractivity contribution is 6.21. The average molecular weight is 297 g/mol. The molecule has 1 heterocycles. The molecule has 2 N–H and O–H groups in total. The zero-order valence-corrected chi connectivity index (χ0v) is 13.1. The molecule has 3 nitrogen and oxygen atoms in total. The maximum atomic E-state index is 6.18. The van der Waals surface area contributed by atoms with E-state index in [2.05, 4.69) is 29.7 Å². The van der Waals surface area contributed by atoms with Crippen LogP contribution in [0.5, 0.6) is 5.75 Å². The number of halogens is 1. The minimum atomic E-state index is 0.0324. The molecule has 1 fully saturated rings. The van der Waals surface area contributed by atoms with Crippen LogP contribution < -0.4 is 15.4 Å². The number of anilines is 1. The van der Waals surface area contributed by atoms with Crippen LogP contribution in [0.25, 0.3) is 0 Å². The van der Waals surface area contributed by atoms with Gasteiger partial charge < -0.3 is 15.4 Å². The van der Waals surface area contributed by atoms with E-state index in [1.165, 1.54) is 6.42 Å². The van der Waals surface area contributed by atoms with Crippen molar-refractivity contribution in [3.63, 3.8) is 0 Å². The third-order valence-corrected chi connectivity index (χ3v) is 4.50. The van der Waals surface area contributed by atoms with Crippen LogP contribution in [0.4, 0.5) is 5.69 Å². The molecule has 1 aliphatic heterocycles. The van der Waals surface area contributed by atoms with Crippen LogP contribution in [-0.4, -0.2) is 31.1 Å². The Morgan fingerprint density at radius 2 is 2.15 bits per heavy atom. The Bertz CT molecular complexity index is 390. The second-order valence-corrected chi connectivity index (χ2v) is 6.07. The third kappa shape index (κ3) is 4.57. The molecule has 112 valence electrons. The van der Waals surface area contributed by atoms with Crippen LogP contribution in [-0.2, 0) is 0 Å². The fourth-order valence-electron chi connectivity index (χ4n) is 2.42. The van der Waals surface area contributed by atoms with Gasteiger partial charge in [0.2, 0.25) is 0 Å². The fourth-order valence-corrected chi connectivity index (χ4v) is 2.47. The SMILES string of the molecule is CCC(Cl)[C@H](C)Oc1ccc(NCC2CCNC2)cc1. The largest absolute Gasteiger partial charge is 0.489 e. The van der Waals surface area contributed by atoms with Crippen LogP contribution in [0.1, 0.15) is 26.7 Å². The van der Waals surface area contributed by atoms with E-state index in [1.54, 1.807) is 0 Å². The lowest BCUT2D eigenvalue weighted by atomic mass is 10.1. The Kier molecular flexibility index (Phi) is 5.99. The van der Waals surface area contributed by atoms with Crippen molar-refractivity contribution in [1.29, 1.82) is 0 Å². The maximum absolute atomic E-state index is 6.18. The quantitative estimate of drug-likeness (QED) is 0.756. The molecule has 3 atom stereocenters. The summed E-state index contributed by atoms with van der Waals surface area (Å²) in [5, 5.41) is 6.92. The van der Waals surface area contributed by atoms with Crippen LogP contribution in [0.3, 0.4) is 0 Å². The van der Waals surface area contributed by atoms with Gasteiger partial charge in [0.25, 0.3) is 0 Å². The molecule has 0 bridgehead atoms. The summed E-state index contributed by atoms with van der Waals surface area (Å²) < 4.78 is 5.83. The minimum Gasteiger partial charge on any atom is -0.489 e. The fraction of sp³-hybridized carbons (Fsp3) is 0.625. The molecular formula is C16H25ClN2O. The van der Waals surface area contributed by atoms with Crippen molar-refractivity contribution < 1.29 is 4.74 Å². The second-order valence-electron chi connectivity index (χ2n) is 5.51. The number of hydrogen-bond donors (Lipinski definition) is 2. The van der Waals surface area contributed by atoms with Gasteiger partial charge in [0.1, 0.15) is 11.9 Å². The Morgan fingerprint density at radius 1 is 1.40 bits per heavy atom. The Balaban J connectivity index is 1.79. The Hall–Kier alpha value is -0.930. The van der Waals surface area contributed by atoms with E-state index in [4.69, 9.17) is 16.3 Å². The summed E-state index contributed by atoms with van der Waals surface area (Å²) in [5.74, 6) is 1.62. The van der Waals surface area contributed by atoms with Gasteiger partial charge >= 0.3 is 0 Å². The number of hydrogen-bond acceptors (Lipinski definition) is 3. The molecule has 1 aromatic carbocycles. The highest BCUT2D eigenvalue weighted by atomic mass is 35.5. The number of nitrogens with one attached hydrogen (secondary N) is 2. The van der Waals surface area contributed by atoms with Crippen molar-refractivity contribution in [3.8, 4) is 5.75 Å². The van der Waals surface area contributed by atoms with Gasteiger partial charge in [-0.3, -0.25) is 0 Å². The molecule has 0 spiro atoms. The highest BCUT2D eigenvalue weighted by Crippen LogP contribution is 2.20. The van der Waals surface area contributed by atoms with Crippen molar-refractivity contribution in [2.75, 3.05) is 25.0 Å². The molecule has 0 radical (unpaired) electrons. The van der Waals surface area contributed by atoms with Gasteiger partial charge in [0.05, 0.1) is 5.38 Å². The van der Waals surface area contributed by atoms with E-state index in [0.29, 0.717) is 0 Å². The molecule has 0 aliphatic carbocycles. The molecule has 0 saturated carbocycles. The Labute approximate surface area is 127 Å². The minimum absolute atomic E-state index is 0.0324. The van der Waals surface area contributed by atoms with Crippen LogP contribution >= 0.6 is 11.6 Å². The van der Waals surface area contributed by atoms with Gasteiger partial charge in [-0.15, -0.1) is 11.6 Å². The van der Waals surface area contributed by atoms with Crippen molar-refractivity contribution in [2.45, 2.75) is 38.2 Å². The van der Waals surface area contributed by atoms with E-state index < -0.39 is 0 Å². The smallest absolute Gasteiger partial charge is 0.119 e. The van der Waals surface area contributed by atoms with Crippen molar-refractivity contribution in [2.24, 2.45) is 5.92 Å². The highest BCUT2D eigenvalue weighted by Gasteiger charge is 2.15. The van der Waals surface area contributed by atoms with Crippen molar-refractivity contribution >= 4 is 17.3 Å². The molecule has 2 unspecified atom stereocenters. The van der Waals surface area contributed by atoms with Crippen LogP contribution in [0.2, 0.25) is 0 Å². The number of alkyl halides is 1. The Morgan fingerprint density at radius 3 is 2.75 bits per heavy atom. The first kappa shape index (κ1) is 15.5. The standard InChI is InChI=1S/C16H25ClN2O/c1-3-16(17)12(2)20-15-6-4-14(5-7-15)19-11-13-8-9-18-10-13/h4-7,12-13,16,18-19H,3,8-11H2,1-2H3/t12-,13?,16?/m0/s1. The summed E-state index contributed by atoms with van der Waals surface area (Å²) >= 11 is 6.18. The molecule has 4 heteroatoms. The van der Waals surface area contributed by atoms with Gasteiger partial charge in [0.15, 0.2) is 0 Å². The lowest BCUT2D eigenvalue weighted by molar-refractivity contribution is 0.214. The second kappa shape index (κ2) is 7.75. The molecule has 1 aromatic rings. The zero-order chi connectivity index (χ0) is 14.4. The topological polar surface area (TPSA) is 33.3 Å². The number of benzene rings is 1. The molecule has 1 aliphatic rings. The van der Waals surface area contributed by atoms with Crippen LogP contribution in [0.15, 0.2) is 24.3 Å². The van der Waals surface area contributed by atoms with E-state index in [0.717, 1.165) is 43.4 Å². The van der Waals surface area contributed by atoms with Crippen molar-refractivity contribution in [1.82, 2.24) is 5.32 Å². The van der Waals surface area contributed by atoms with Crippen LogP contribution in [0, 0.1) is 5.92 Å². The predicted octanol–water partition coefficient (Wildman–Crippen LogP) is 3.49. The molecular weight excluding hydrogens is 272 g/mol. The first-order valence-electron chi connectivity index (χ1n) is 7.54. The average Bonchev–Trinajstić information content (AvgIpc) is 2.99. The molecule has 20 heavy (non-hydrogen) atoms. The molecule has 1 saturated heterocycles. The van der Waals surface area contributed by atoms with Gasteiger partial charge in [-0.1, -0.05) is 6.92 Å². The lowest BCUT2D eigenvalue weighted by Gasteiger charge is -2.19. The molecule has 0 amide bonds. The maximum Gasteiger partial charge on any atom is 0.119 e. The summed E-state index contributed by atoms with van der Waals surface area (Å²) in [7, 11) is 0. The first-order chi connectivity index (χ1) is 9.69. The molecule has 2 rings (SSSR count). The zero-order valence-electron chi connectivity index (χ0n) is 12.4. The lowest BCUT2D eigenvalue weighted by Crippen LogP contribution is -2.23. The number of rotatable bonds is 7. The summed E-state index contributed by atoms with van der Waals surface area (Å²) in [6, 6.07) is 8.15. The van der Waals surface area contributed by atoms with E-state index in [9.17, 15) is 0 Å². The first-order valence-corrected chi connectivity index (χ1v) is 7.98. The summed E-state index contributed by atoms with van der Waals surface area (Å²) in [6.45, 7) is 7.39. The van der Waals surface area contributed by atoms with Gasteiger partial charge in [-0.2, -0.15) is 0 Å². The predicted molar refractivity (Wildman–Crippen MR) is 85.9 cm³/mol. The van der Waals surface area contributed by atoms with E-state index in [1.807, 2.05) is 19.1 Å². The van der Waals surface area contributed by atoms with Crippen molar-refractivity contribution in [3.05, 3.63) is 24.3 Å². The summed E-state index contributed by atoms with van der Waals surface area (Å²) in [6.07, 6.45) is 2.21. The van der Waals surface area contributed by atoms with Gasteiger partial charge in [0, 0.05) is 12.2 Å². The van der Waals surface area contributed by atoms with E-state index in [-0.39, 0.29) is 11.5 Å². The van der Waals surface area contributed by atoms with E-state index >= 15 is 0 Å².